The quantitative estimate of drug-likeness (QED) is 0.629. The molecular weight excluding hydrogens is 394 g/mol. The van der Waals surface area contributed by atoms with Crippen molar-refractivity contribution < 1.29 is 17.9 Å². The summed E-state index contributed by atoms with van der Waals surface area (Å²) in [6.07, 6.45) is 6.22. The summed E-state index contributed by atoms with van der Waals surface area (Å²) in [5.74, 6) is -0.461. The van der Waals surface area contributed by atoms with E-state index in [2.05, 4.69) is 27.5 Å². The second-order valence-corrected chi connectivity index (χ2v) is 8.49. The summed E-state index contributed by atoms with van der Waals surface area (Å²) in [6, 6.07) is 4.71. The zero-order valence-corrected chi connectivity index (χ0v) is 17.1. The van der Waals surface area contributed by atoms with Crippen LogP contribution in [0.2, 0.25) is 0 Å². The van der Waals surface area contributed by atoms with Crippen LogP contribution >= 0.6 is 0 Å². The predicted octanol–water partition coefficient (Wildman–Crippen LogP) is 1.96. The Hall–Kier alpha value is -2.56. The largest absolute Gasteiger partial charge is 0.383 e. The standard InChI is InChI=1S/C19H25N5O4S/c1-2-3-6-21-16-5-4-15(29(26,27)24-9-11-28-12-10-24)13-17(16)23-19(25)18-14-20-7-8-22-18/h4-5,7-8,13-14,21H,2-3,6,9-12H2,1H3,(H,23,25). The lowest BCUT2D eigenvalue weighted by Crippen LogP contribution is -2.40. The molecule has 9 nitrogen and oxygen atoms in total. The SMILES string of the molecule is CCCCNc1ccc(S(=O)(=O)N2CCOCC2)cc1NC(=O)c1cnccn1. The number of sulfonamides is 1. The number of nitrogens with zero attached hydrogens (tertiary/aromatic N) is 3. The summed E-state index contributed by atoms with van der Waals surface area (Å²) in [6.45, 7) is 4.13. The number of benzene rings is 1. The Labute approximate surface area is 170 Å². The molecule has 156 valence electrons. The van der Waals surface area contributed by atoms with Crippen molar-refractivity contribution in [2.75, 3.05) is 43.5 Å². The fourth-order valence-corrected chi connectivity index (χ4v) is 4.31. The number of hydrogen-bond acceptors (Lipinski definition) is 7. The van der Waals surface area contributed by atoms with Crippen molar-refractivity contribution in [3.63, 3.8) is 0 Å². The van der Waals surface area contributed by atoms with Gasteiger partial charge in [0.1, 0.15) is 5.69 Å². The Morgan fingerprint density at radius 2 is 2.00 bits per heavy atom. The van der Waals surface area contributed by atoms with Crippen molar-refractivity contribution in [2.24, 2.45) is 0 Å². The number of aromatic nitrogens is 2. The minimum absolute atomic E-state index is 0.120. The Balaban J connectivity index is 1.89. The second-order valence-electron chi connectivity index (χ2n) is 6.55. The lowest BCUT2D eigenvalue weighted by molar-refractivity contribution is 0.0730. The predicted molar refractivity (Wildman–Crippen MR) is 109 cm³/mol. The van der Waals surface area contributed by atoms with E-state index in [-0.39, 0.29) is 10.6 Å². The molecule has 29 heavy (non-hydrogen) atoms. The van der Waals surface area contributed by atoms with Gasteiger partial charge in [-0.2, -0.15) is 4.31 Å². The van der Waals surface area contributed by atoms with E-state index < -0.39 is 15.9 Å². The van der Waals surface area contributed by atoms with Crippen molar-refractivity contribution in [2.45, 2.75) is 24.7 Å². The van der Waals surface area contributed by atoms with Crippen LogP contribution in [0.25, 0.3) is 0 Å². The molecule has 0 spiro atoms. The maximum absolute atomic E-state index is 13.0. The number of nitrogens with one attached hydrogen (secondary N) is 2. The van der Waals surface area contributed by atoms with E-state index in [0.717, 1.165) is 12.8 Å². The normalized spacial score (nSPS) is 15.1. The highest BCUT2D eigenvalue weighted by atomic mass is 32.2. The van der Waals surface area contributed by atoms with Crippen LogP contribution < -0.4 is 10.6 Å². The van der Waals surface area contributed by atoms with Gasteiger partial charge in [-0.3, -0.25) is 9.78 Å². The van der Waals surface area contributed by atoms with E-state index in [1.165, 1.54) is 29.0 Å². The number of carbonyl (C=O) groups excluding carboxylic acids is 1. The zero-order chi connectivity index (χ0) is 20.7. The Morgan fingerprint density at radius 3 is 2.69 bits per heavy atom. The maximum Gasteiger partial charge on any atom is 0.275 e. The average molecular weight is 420 g/mol. The van der Waals surface area contributed by atoms with E-state index in [1.807, 2.05) is 0 Å². The Kier molecular flexibility index (Phi) is 7.13. The molecular formula is C19H25N5O4S. The van der Waals surface area contributed by atoms with E-state index in [1.54, 1.807) is 12.1 Å². The molecule has 0 bridgehead atoms. The van der Waals surface area contributed by atoms with Crippen LogP contribution in [0, 0.1) is 0 Å². The minimum atomic E-state index is -3.68. The summed E-state index contributed by atoms with van der Waals surface area (Å²) >= 11 is 0. The van der Waals surface area contributed by atoms with E-state index >= 15 is 0 Å². The van der Waals surface area contributed by atoms with Gasteiger partial charge in [-0.05, 0) is 24.6 Å². The highest BCUT2D eigenvalue weighted by molar-refractivity contribution is 7.89. The van der Waals surface area contributed by atoms with Gasteiger partial charge in [0.2, 0.25) is 10.0 Å². The zero-order valence-electron chi connectivity index (χ0n) is 16.3. The molecule has 10 heteroatoms. The van der Waals surface area contributed by atoms with Crippen molar-refractivity contribution in [3.05, 3.63) is 42.5 Å². The van der Waals surface area contributed by atoms with Gasteiger partial charge >= 0.3 is 0 Å². The first-order valence-corrected chi connectivity index (χ1v) is 11.0. The number of amides is 1. The lowest BCUT2D eigenvalue weighted by atomic mass is 10.2. The third kappa shape index (κ3) is 5.28. The minimum Gasteiger partial charge on any atom is -0.383 e. The van der Waals surface area contributed by atoms with Crippen molar-refractivity contribution >= 4 is 27.3 Å². The summed E-state index contributed by atoms with van der Waals surface area (Å²) in [5, 5.41) is 6.01. The first-order valence-electron chi connectivity index (χ1n) is 9.55. The molecule has 1 aliphatic heterocycles. The number of carbonyl (C=O) groups is 1. The molecule has 2 heterocycles. The molecule has 1 aliphatic rings. The third-order valence-electron chi connectivity index (χ3n) is 4.49. The third-order valence-corrected chi connectivity index (χ3v) is 6.38. The maximum atomic E-state index is 13.0. The number of rotatable bonds is 8. The molecule has 1 fully saturated rings. The van der Waals surface area contributed by atoms with Crippen LogP contribution in [0.3, 0.4) is 0 Å². The molecule has 1 saturated heterocycles. The Bertz CT molecular complexity index is 931. The first-order chi connectivity index (χ1) is 14.0. The van der Waals surface area contributed by atoms with Crippen LogP contribution in [0.1, 0.15) is 30.3 Å². The monoisotopic (exact) mass is 419 g/mol. The number of morpholine rings is 1. The summed E-state index contributed by atoms with van der Waals surface area (Å²) in [4.78, 5) is 20.5. The number of hydrogen-bond donors (Lipinski definition) is 2. The van der Waals surface area contributed by atoms with E-state index in [9.17, 15) is 13.2 Å². The lowest BCUT2D eigenvalue weighted by Gasteiger charge is -2.26. The van der Waals surface area contributed by atoms with Crippen LogP contribution in [0.15, 0.2) is 41.7 Å². The molecule has 1 aromatic carbocycles. The van der Waals surface area contributed by atoms with Gasteiger partial charge < -0.3 is 15.4 Å². The van der Waals surface area contributed by atoms with E-state index in [4.69, 9.17) is 4.74 Å². The van der Waals surface area contributed by atoms with Gasteiger partial charge in [0.05, 0.1) is 35.7 Å². The van der Waals surface area contributed by atoms with Crippen molar-refractivity contribution in [1.82, 2.24) is 14.3 Å². The van der Waals surface area contributed by atoms with Crippen LogP contribution in [-0.2, 0) is 14.8 Å². The molecule has 1 aromatic heterocycles. The fourth-order valence-electron chi connectivity index (χ4n) is 2.88. The highest BCUT2D eigenvalue weighted by Gasteiger charge is 2.27. The molecule has 0 radical (unpaired) electrons. The Morgan fingerprint density at radius 1 is 1.21 bits per heavy atom. The van der Waals surface area contributed by atoms with Crippen LogP contribution in [0.4, 0.5) is 11.4 Å². The molecule has 2 N–H and O–H groups in total. The van der Waals surface area contributed by atoms with Gasteiger partial charge in [-0.1, -0.05) is 13.3 Å². The number of anilines is 2. The highest BCUT2D eigenvalue weighted by Crippen LogP contribution is 2.28. The second kappa shape index (κ2) is 9.77. The summed E-state index contributed by atoms with van der Waals surface area (Å²) in [5.41, 5.74) is 1.18. The average Bonchev–Trinajstić information content (AvgIpc) is 2.76. The van der Waals surface area contributed by atoms with Gasteiger partial charge in [0.15, 0.2) is 0 Å². The number of ether oxygens (including phenoxy) is 1. The molecule has 3 rings (SSSR count). The van der Waals surface area contributed by atoms with Gasteiger partial charge in [-0.25, -0.2) is 13.4 Å². The smallest absolute Gasteiger partial charge is 0.275 e. The van der Waals surface area contributed by atoms with Crippen molar-refractivity contribution in [1.29, 1.82) is 0 Å². The van der Waals surface area contributed by atoms with Gasteiger partial charge in [-0.15, -0.1) is 0 Å². The van der Waals surface area contributed by atoms with Gasteiger partial charge in [0.25, 0.3) is 5.91 Å². The molecule has 0 aliphatic carbocycles. The molecule has 0 atom stereocenters. The number of unbranched alkanes of at least 4 members (excludes halogenated alkanes) is 1. The topological polar surface area (TPSA) is 114 Å². The first kappa shape index (κ1) is 21.2. The summed E-state index contributed by atoms with van der Waals surface area (Å²) in [7, 11) is -3.68. The molecule has 2 aromatic rings. The van der Waals surface area contributed by atoms with Crippen molar-refractivity contribution in [3.8, 4) is 0 Å². The van der Waals surface area contributed by atoms with Gasteiger partial charge in [0, 0.05) is 32.0 Å². The molecule has 0 unspecified atom stereocenters. The van der Waals surface area contributed by atoms with E-state index in [0.29, 0.717) is 44.2 Å². The van der Waals surface area contributed by atoms with Crippen LogP contribution in [0.5, 0.6) is 0 Å². The molecule has 1 amide bonds. The summed E-state index contributed by atoms with van der Waals surface area (Å²) < 4.78 is 32.6. The fraction of sp³-hybridized carbons (Fsp3) is 0.421. The van der Waals surface area contributed by atoms with Crippen LogP contribution in [-0.4, -0.2) is 61.4 Å². The molecule has 0 saturated carbocycles.